The van der Waals surface area contributed by atoms with Crippen LogP contribution in [0.4, 0.5) is 11.4 Å². The predicted octanol–water partition coefficient (Wildman–Crippen LogP) is 2.91. The molecule has 164 valence electrons. The van der Waals surface area contributed by atoms with Crippen LogP contribution >= 0.6 is 12.4 Å². The summed E-state index contributed by atoms with van der Waals surface area (Å²) in [5.74, 6) is 2.07. The first-order valence-electron chi connectivity index (χ1n) is 11.1. The van der Waals surface area contributed by atoms with Gasteiger partial charge in [-0.2, -0.15) is 0 Å². The summed E-state index contributed by atoms with van der Waals surface area (Å²) >= 11 is 0. The molecule has 2 aromatic carbocycles. The van der Waals surface area contributed by atoms with Gasteiger partial charge in [-0.25, -0.2) is 0 Å². The Labute approximate surface area is 190 Å². The highest BCUT2D eigenvalue weighted by molar-refractivity contribution is 6.00. The van der Waals surface area contributed by atoms with E-state index in [2.05, 4.69) is 78.9 Å². The van der Waals surface area contributed by atoms with Crippen LogP contribution in [0.3, 0.4) is 0 Å². The zero-order valence-electron chi connectivity index (χ0n) is 17.9. The smallest absolute Gasteiger partial charge is 0.128 e. The summed E-state index contributed by atoms with van der Waals surface area (Å²) in [6.07, 6.45) is 2.25. The third-order valence-electron chi connectivity index (χ3n) is 6.09. The Hall–Kier alpha value is -2.73. The van der Waals surface area contributed by atoms with E-state index in [1.165, 1.54) is 22.5 Å². The molecule has 0 aromatic heterocycles. The van der Waals surface area contributed by atoms with Crippen molar-refractivity contribution in [3.05, 3.63) is 59.7 Å². The minimum absolute atomic E-state index is 0. The molecule has 0 unspecified atom stereocenters. The number of piperazine rings is 1. The number of hydrogen-bond acceptors (Lipinski definition) is 6. The minimum Gasteiger partial charge on any atom is -0.370 e. The Kier molecular flexibility index (Phi) is 6.97. The van der Waals surface area contributed by atoms with Gasteiger partial charge in [-0.05, 0) is 61.4 Å². The molecule has 0 saturated carbocycles. The van der Waals surface area contributed by atoms with E-state index in [0.29, 0.717) is 0 Å². The second-order valence-electron chi connectivity index (χ2n) is 8.09. The van der Waals surface area contributed by atoms with Gasteiger partial charge in [0.2, 0.25) is 0 Å². The SMILES string of the molecule is Cl.c1cc(N2CCN(c3ccc(C4=NCCCN4)cc3)CC2)ccc1C1=NCCCN1. The molecule has 0 aliphatic carbocycles. The van der Waals surface area contributed by atoms with Crippen molar-refractivity contribution in [1.29, 1.82) is 0 Å². The largest absolute Gasteiger partial charge is 0.370 e. The second-order valence-corrected chi connectivity index (χ2v) is 8.09. The molecule has 6 nitrogen and oxygen atoms in total. The van der Waals surface area contributed by atoms with E-state index in [4.69, 9.17) is 0 Å². The number of halogens is 1. The minimum atomic E-state index is 0. The normalized spacial score (nSPS) is 18.8. The van der Waals surface area contributed by atoms with Crippen molar-refractivity contribution in [1.82, 2.24) is 10.6 Å². The lowest BCUT2D eigenvalue weighted by atomic mass is 10.1. The Morgan fingerprint density at radius 3 is 1.29 bits per heavy atom. The fourth-order valence-electron chi connectivity index (χ4n) is 4.33. The molecule has 1 saturated heterocycles. The maximum atomic E-state index is 4.60. The lowest BCUT2D eigenvalue weighted by molar-refractivity contribution is 0.653. The van der Waals surface area contributed by atoms with Crippen LogP contribution in [0.1, 0.15) is 24.0 Å². The summed E-state index contributed by atoms with van der Waals surface area (Å²) in [5.41, 5.74) is 4.97. The Morgan fingerprint density at radius 1 is 0.581 bits per heavy atom. The third-order valence-corrected chi connectivity index (χ3v) is 6.09. The first-order chi connectivity index (χ1) is 14.9. The predicted molar refractivity (Wildman–Crippen MR) is 133 cm³/mol. The number of nitrogens with one attached hydrogen (secondary N) is 2. The van der Waals surface area contributed by atoms with Crippen LogP contribution in [0.5, 0.6) is 0 Å². The van der Waals surface area contributed by atoms with E-state index in [-0.39, 0.29) is 12.4 Å². The maximum absolute atomic E-state index is 4.60. The summed E-state index contributed by atoms with van der Waals surface area (Å²) in [6, 6.07) is 17.7. The van der Waals surface area contributed by atoms with E-state index < -0.39 is 0 Å². The number of aliphatic imine (C=N–C) groups is 2. The standard InChI is InChI=1S/C24H30N6.ClH/c1-11-25-23(26-12-1)19-3-7-21(8-4-19)29-15-17-30(18-16-29)22-9-5-20(6-10-22)24-27-13-2-14-28-24;/h3-10H,1-2,11-18H2,(H,25,26)(H,27,28);1H. The molecule has 3 heterocycles. The van der Waals surface area contributed by atoms with Crippen LogP contribution in [-0.2, 0) is 0 Å². The van der Waals surface area contributed by atoms with E-state index in [9.17, 15) is 0 Å². The second kappa shape index (κ2) is 10.1. The van der Waals surface area contributed by atoms with Gasteiger partial charge in [0.1, 0.15) is 11.7 Å². The number of benzene rings is 2. The third kappa shape index (κ3) is 4.96. The average Bonchev–Trinajstić information content (AvgIpc) is 2.85. The summed E-state index contributed by atoms with van der Waals surface area (Å²) in [4.78, 5) is 14.1. The van der Waals surface area contributed by atoms with Crippen molar-refractivity contribution >= 4 is 35.5 Å². The maximum Gasteiger partial charge on any atom is 0.128 e. The number of anilines is 2. The van der Waals surface area contributed by atoms with Gasteiger partial charge >= 0.3 is 0 Å². The fourth-order valence-corrected chi connectivity index (χ4v) is 4.33. The zero-order chi connectivity index (χ0) is 20.2. The highest BCUT2D eigenvalue weighted by Gasteiger charge is 2.18. The van der Waals surface area contributed by atoms with Crippen molar-refractivity contribution in [3.63, 3.8) is 0 Å². The van der Waals surface area contributed by atoms with Crippen LogP contribution in [0.2, 0.25) is 0 Å². The van der Waals surface area contributed by atoms with Gasteiger partial charge in [-0.15, -0.1) is 12.4 Å². The van der Waals surface area contributed by atoms with Crippen LogP contribution in [0.15, 0.2) is 58.5 Å². The molecule has 7 heteroatoms. The molecule has 31 heavy (non-hydrogen) atoms. The van der Waals surface area contributed by atoms with Crippen molar-refractivity contribution in [2.24, 2.45) is 9.98 Å². The summed E-state index contributed by atoms with van der Waals surface area (Å²) < 4.78 is 0. The number of rotatable bonds is 4. The molecular weight excluding hydrogens is 408 g/mol. The van der Waals surface area contributed by atoms with Crippen molar-refractivity contribution in [2.45, 2.75) is 12.8 Å². The number of hydrogen-bond donors (Lipinski definition) is 2. The molecule has 2 N–H and O–H groups in total. The van der Waals surface area contributed by atoms with Gasteiger partial charge in [0.05, 0.1) is 0 Å². The first-order valence-corrected chi connectivity index (χ1v) is 11.1. The first kappa shape index (κ1) is 21.5. The Morgan fingerprint density at radius 2 is 0.968 bits per heavy atom. The monoisotopic (exact) mass is 438 g/mol. The summed E-state index contributed by atoms with van der Waals surface area (Å²) in [7, 11) is 0. The van der Waals surface area contributed by atoms with Gasteiger partial charge < -0.3 is 20.4 Å². The van der Waals surface area contributed by atoms with Gasteiger partial charge in [0.25, 0.3) is 0 Å². The summed E-state index contributed by atoms with van der Waals surface area (Å²) in [6.45, 7) is 8.05. The van der Waals surface area contributed by atoms with Gasteiger partial charge in [0, 0.05) is 74.9 Å². The van der Waals surface area contributed by atoms with Gasteiger partial charge in [0.15, 0.2) is 0 Å². The molecule has 3 aliphatic heterocycles. The fraction of sp³-hybridized carbons (Fsp3) is 0.417. The quantitative estimate of drug-likeness (QED) is 0.770. The highest BCUT2D eigenvalue weighted by Crippen LogP contribution is 2.22. The Balaban J connectivity index is 0.00000231. The molecule has 0 amide bonds. The molecule has 0 radical (unpaired) electrons. The van der Waals surface area contributed by atoms with Gasteiger partial charge in [-0.1, -0.05) is 0 Å². The van der Waals surface area contributed by atoms with Crippen LogP contribution in [0, 0.1) is 0 Å². The lowest BCUT2D eigenvalue weighted by Gasteiger charge is -2.37. The lowest BCUT2D eigenvalue weighted by Crippen LogP contribution is -2.46. The highest BCUT2D eigenvalue weighted by atomic mass is 35.5. The van der Waals surface area contributed by atoms with E-state index in [0.717, 1.165) is 76.9 Å². The molecule has 0 atom stereocenters. The zero-order valence-corrected chi connectivity index (χ0v) is 18.7. The van der Waals surface area contributed by atoms with E-state index >= 15 is 0 Å². The molecule has 5 rings (SSSR count). The summed E-state index contributed by atoms with van der Waals surface area (Å²) in [5, 5.41) is 6.80. The van der Waals surface area contributed by atoms with Crippen molar-refractivity contribution < 1.29 is 0 Å². The molecule has 1 fully saturated rings. The van der Waals surface area contributed by atoms with Crippen molar-refractivity contribution in [3.8, 4) is 0 Å². The topological polar surface area (TPSA) is 55.3 Å². The van der Waals surface area contributed by atoms with Crippen molar-refractivity contribution in [2.75, 3.05) is 62.2 Å². The average molecular weight is 439 g/mol. The number of nitrogens with zero attached hydrogens (tertiary/aromatic N) is 4. The van der Waals surface area contributed by atoms with E-state index in [1.807, 2.05) is 0 Å². The number of amidine groups is 2. The Bertz CT molecular complexity index is 837. The van der Waals surface area contributed by atoms with Gasteiger partial charge in [-0.3, -0.25) is 9.98 Å². The molecular formula is C24H31ClN6. The van der Waals surface area contributed by atoms with Crippen LogP contribution in [0.25, 0.3) is 0 Å². The molecule has 3 aliphatic rings. The van der Waals surface area contributed by atoms with Crippen LogP contribution < -0.4 is 20.4 Å². The molecule has 0 spiro atoms. The molecule has 2 aromatic rings. The molecule has 0 bridgehead atoms. The van der Waals surface area contributed by atoms with E-state index in [1.54, 1.807) is 0 Å². The van der Waals surface area contributed by atoms with Crippen LogP contribution in [-0.4, -0.2) is 64.0 Å².